The largest absolute Gasteiger partial charge is 0.311 e. The first-order valence-corrected chi connectivity index (χ1v) is 8.77. The van der Waals surface area contributed by atoms with Crippen LogP contribution in [0, 0.1) is 17.3 Å². The summed E-state index contributed by atoms with van der Waals surface area (Å²) in [6.45, 7) is 16.9. The maximum Gasteiger partial charge on any atom is 0.00967 e. The van der Waals surface area contributed by atoms with Crippen LogP contribution in [-0.4, -0.2) is 36.6 Å². The van der Waals surface area contributed by atoms with Crippen molar-refractivity contribution in [3.8, 4) is 0 Å². The zero-order chi connectivity index (χ0) is 14.8. The van der Waals surface area contributed by atoms with Gasteiger partial charge in [-0.05, 0) is 63.8 Å². The van der Waals surface area contributed by atoms with E-state index in [-0.39, 0.29) is 5.54 Å². The van der Waals surface area contributed by atoms with E-state index in [1.165, 1.54) is 58.3 Å². The van der Waals surface area contributed by atoms with Crippen LogP contribution in [0.15, 0.2) is 0 Å². The molecular formula is C18H36N2. The highest BCUT2D eigenvalue weighted by atomic mass is 15.1. The van der Waals surface area contributed by atoms with Crippen LogP contribution in [0.3, 0.4) is 0 Å². The lowest BCUT2D eigenvalue weighted by molar-refractivity contribution is 0.0802. The van der Waals surface area contributed by atoms with Crippen LogP contribution in [0.4, 0.5) is 0 Å². The van der Waals surface area contributed by atoms with Crippen molar-refractivity contribution in [2.75, 3.05) is 26.2 Å². The summed E-state index contributed by atoms with van der Waals surface area (Å²) in [4.78, 5) is 2.76. The molecule has 0 aromatic heterocycles. The molecule has 0 radical (unpaired) electrons. The molecule has 0 amide bonds. The molecule has 1 N–H and O–H groups in total. The van der Waals surface area contributed by atoms with Gasteiger partial charge in [0.15, 0.2) is 0 Å². The van der Waals surface area contributed by atoms with Crippen molar-refractivity contribution < 1.29 is 0 Å². The fraction of sp³-hybridized carbons (Fsp3) is 1.00. The maximum absolute atomic E-state index is 3.79. The molecule has 2 rings (SSSR count). The van der Waals surface area contributed by atoms with Gasteiger partial charge in [-0.1, -0.05) is 26.7 Å². The lowest BCUT2D eigenvalue weighted by Crippen LogP contribution is -2.50. The van der Waals surface area contributed by atoms with Gasteiger partial charge < -0.3 is 10.2 Å². The molecule has 2 aliphatic rings. The van der Waals surface area contributed by atoms with Crippen molar-refractivity contribution in [2.24, 2.45) is 17.3 Å². The molecule has 1 aliphatic heterocycles. The molecular weight excluding hydrogens is 244 g/mol. The standard InChI is InChI=1S/C18H36N2/c1-15-8-11-20(12-16(15)2)14-18(9-6-7-10-18)13-19-17(3,4)5/h15-16,19H,6-14H2,1-5H3. The van der Waals surface area contributed by atoms with Gasteiger partial charge in [0.05, 0.1) is 0 Å². The molecule has 20 heavy (non-hydrogen) atoms. The minimum absolute atomic E-state index is 0.249. The van der Waals surface area contributed by atoms with Crippen LogP contribution >= 0.6 is 0 Å². The average molecular weight is 280 g/mol. The Bertz CT molecular complexity index is 299. The number of hydrogen-bond donors (Lipinski definition) is 1. The highest BCUT2D eigenvalue weighted by Crippen LogP contribution is 2.39. The van der Waals surface area contributed by atoms with Gasteiger partial charge in [0, 0.05) is 25.2 Å². The Morgan fingerprint density at radius 3 is 2.30 bits per heavy atom. The van der Waals surface area contributed by atoms with Gasteiger partial charge in [-0.15, -0.1) is 0 Å². The number of likely N-dealkylation sites (tertiary alicyclic amines) is 1. The summed E-state index contributed by atoms with van der Waals surface area (Å²) >= 11 is 0. The predicted molar refractivity (Wildman–Crippen MR) is 88.0 cm³/mol. The smallest absolute Gasteiger partial charge is 0.00967 e. The zero-order valence-corrected chi connectivity index (χ0v) is 14.5. The predicted octanol–water partition coefficient (Wildman–Crippen LogP) is 3.91. The summed E-state index contributed by atoms with van der Waals surface area (Å²) in [5.74, 6) is 1.79. The molecule has 0 bridgehead atoms. The summed E-state index contributed by atoms with van der Waals surface area (Å²) in [5.41, 5.74) is 0.798. The number of nitrogens with zero attached hydrogens (tertiary/aromatic N) is 1. The molecule has 2 heteroatoms. The first kappa shape index (κ1) is 16.3. The normalized spacial score (nSPS) is 31.6. The second-order valence-corrected chi connectivity index (χ2v) is 8.79. The van der Waals surface area contributed by atoms with Crippen LogP contribution in [0.5, 0.6) is 0 Å². The summed E-state index contributed by atoms with van der Waals surface area (Å²) in [6.07, 6.45) is 7.12. The van der Waals surface area contributed by atoms with E-state index < -0.39 is 0 Å². The third-order valence-corrected chi connectivity index (χ3v) is 5.64. The third kappa shape index (κ3) is 4.46. The number of nitrogens with one attached hydrogen (secondary N) is 1. The molecule has 2 nitrogen and oxygen atoms in total. The van der Waals surface area contributed by atoms with E-state index in [1.807, 2.05) is 0 Å². The lowest BCUT2D eigenvalue weighted by atomic mass is 9.82. The van der Waals surface area contributed by atoms with Crippen LogP contribution in [0.1, 0.15) is 66.7 Å². The van der Waals surface area contributed by atoms with Crippen molar-refractivity contribution >= 4 is 0 Å². The van der Waals surface area contributed by atoms with E-state index in [1.54, 1.807) is 0 Å². The van der Waals surface area contributed by atoms with Gasteiger partial charge in [-0.2, -0.15) is 0 Å². The molecule has 1 heterocycles. The van der Waals surface area contributed by atoms with E-state index in [9.17, 15) is 0 Å². The van der Waals surface area contributed by atoms with Crippen LogP contribution in [0.2, 0.25) is 0 Å². The van der Waals surface area contributed by atoms with Crippen LogP contribution < -0.4 is 5.32 Å². The Morgan fingerprint density at radius 1 is 1.10 bits per heavy atom. The average Bonchev–Trinajstić information content (AvgIpc) is 2.80. The van der Waals surface area contributed by atoms with E-state index in [0.29, 0.717) is 5.41 Å². The Kier molecular flexibility index (Phi) is 5.18. The highest BCUT2D eigenvalue weighted by Gasteiger charge is 2.37. The molecule has 2 fully saturated rings. The molecule has 0 aromatic carbocycles. The maximum atomic E-state index is 3.79. The van der Waals surface area contributed by atoms with E-state index >= 15 is 0 Å². The van der Waals surface area contributed by atoms with Crippen molar-refractivity contribution in [2.45, 2.75) is 72.3 Å². The Labute approximate surface area is 126 Å². The summed E-state index contributed by atoms with van der Waals surface area (Å²) in [6, 6.07) is 0. The fourth-order valence-corrected chi connectivity index (χ4v) is 3.94. The topological polar surface area (TPSA) is 15.3 Å². The van der Waals surface area contributed by atoms with Crippen molar-refractivity contribution in [3.05, 3.63) is 0 Å². The molecule has 2 atom stereocenters. The van der Waals surface area contributed by atoms with E-state index in [2.05, 4.69) is 44.8 Å². The third-order valence-electron chi connectivity index (χ3n) is 5.64. The molecule has 118 valence electrons. The number of piperidine rings is 1. The second kappa shape index (κ2) is 6.36. The summed E-state index contributed by atoms with van der Waals surface area (Å²) < 4.78 is 0. The Morgan fingerprint density at radius 2 is 1.75 bits per heavy atom. The quantitative estimate of drug-likeness (QED) is 0.840. The first-order chi connectivity index (χ1) is 9.30. The molecule has 1 aliphatic carbocycles. The van der Waals surface area contributed by atoms with Gasteiger partial charge in [0.2, 0.25) is 0 Å². The molecule has 1 saturated carbocycles. The van der Waals surface area contributed by atoms with E-state index in [0.717, 1.165) is 11.8 Å². The second-order valence-electron chi connectivity index (χ2n) is 8.79. The van der Waals surface area contributed by atoms with Gasteiger partial charge in [-0.25, -0.2) is 0 Å². The first-order valence-electron chi connectivity index (χ1n) is 8.77. The monoisotopic (exact) mass is 280 g/mol. The lowest BCUT2D eigenvalue weighted by Gasteiger charge is -2.42. The minimum Gasteiger partial charge on any atom is -0.311 e. The molecule has 0 spiro atoms. The summed E-state index contributed by atoms with van der Waals surface area (Å²) in [5, 5.41) is 3.79. The number of rotatable bonds is 4. The molecule has 0 aromatic rings. The van der Waals surface area contributed by atoms with Gasteiger partial charge in [-0.3, -0.25) is 0 Å². The van der Waals surface area contributed by atoms with Crippen molar-refractivity contribution in [3.63, 3.8) is 0 Å². The fourth-order valence-electron chi connectivity index (χ4n) is 3.94. The van der Waals surface area contributed by atoms with E-state index in [4.69, 9.17) is 0 Å². The Hall–Kier alpha value is -0.0800. The van der Waals surface area contributed by atoms with Crippen molar-refractivity contribution in [1.29, 1.82) is 0 Å². The minimum atomic E-state index is 0.249. The Balaban J connectivity index is 1.92. The van der Waals surface area contributed by atoms with Crippen LogP contribution in [-0.2, 0) is 0 Å². The van der Waals surface area contributed by atoms with Gasteiger partial charge in [0.1, 0.15) is 0 Å². The summed E-state index contributed by atoms with van der Waals surface area (Å²) in [7, 11) is 0. The van der Waals surface area contributed by atoms with Gasteiger partial charge in [0.25, 0.3) is 0 Å². The highest BCUT2D eigenvalue weighted by molar-refractivity contribution is 4.92. The number of hydrogen-bond acceptors (Lipinski definition) is 2. The van der Waals surface area contributed by atoms with Gasteiger partial charge >= 0.3 is 0 Å². The van der Waals surface area contributed by atoms with Crippen LogP contribution in [0.25, 0.3) is 0 Å². The molecule has 1 saturated heterocycles. The molecule has 2 unspecified atom stereocenters. The SMILES string of the molecule is CC1CCN(CC2(CNC(C)(C)C)CCCC2)CC1C. The van der Waals surface area contributed by atoms with Crippen molar-refractivity contribution in [1.82, 2.24) is 10.2 Å². The zero-order valence-electron chi connectivity index (χ0n) is 14.5.